The molecule has 0 saturated heterocycles. The van der Waals surface area contributed by atoms with E-state index in [0.29, 0.717) is 11.8 Å². The van der Waals surface area contributed by atoms with Crippen molar-refractivity contribution in [1.29, 1.82) is 0 Å². The van der Waals surface area contributed by atoms with E-state index >= 15 is 0 Å². The first-order chi connectivity index (χ1) is 16.3. The molecule has 188 valence electrons. The van der Waals surface area contributed by atoms with Crippen LogP contribution in [0.25, 0.3) is 32.7 Å². The van der Waals surface area contributed by atoms with Gasteiger partial charge in [0.2, 0.25) is 0 Å². The zero-order valence-corrected chi connectivity index (χ0v) is 26.7. The Kier molecular flexibility index (Phi) is 13.0. The zero-order valence-electron chi connectivity index (χ0n) is 23.2. The van der Waals surface area contributed by atoms with E-state index in [9.17, 15) is 0 Å². The van der Waals surface area contributed by atoms with Crippen LogP contribution in [0.5, 0.6) is 0 Å². The molecule has 0 nitrogen and oxygen atoms in total. The summed E-state index contributed by atoms with van der Waals surface area (Å²) < 4.78 is 0. The van der Waals surface area contributed by atoms with Crippen molar-refractivity contribution in [2.75, 3.05) is 0 Å². The SMILES string of the molecule is CC(C)c1cc2c(C(C)C)cccc2[cH-]1.Cc1cc2c(-c3ccccc3)ccc(C)c2[cH-]1.[CH3-].[CH3-].[Si]=[Zr]. The van der Waals surface area contributed by atoms with Gasteiger partial charge < -0.3 is 14.9 Å². The Labute approximate surface area is 237 Å². The summed E-state index contributed by atoms with van der Waals surface area (Å²) in [6.45, 7) is 16.4. The molecule has 5 aromatic rings. The number of hydrogen-bond donors (Lipinski definition) is 0. The molecule has 0 aliphatic heterocycles. The summed E-state index contributed by atoms with van der Waals surface area (Å²) in [5, 5.41) is 5.58. The van der Waals surface area contributed by atoms with Crippen LogP contribution in [-0.4, -0.2) is 6.88 Å². The Morgan fingerprint density at radius 3 is 1.97 bits per heavy atom. The van der Waals surface area contributed by atoms with E-state index in [1.807, 2.05) is 0 Å². The first-order valence-corrected chi connectivity index (χ1v) is 16.2. The average molecular weight is 568 g/mol. The summed E-state index contributed by atoms with van der Waals surface area (Å²) in [6, 6.07) is 30.9. The standard InChI is InChI=1S/C17H15.C15H19.2CH3.Si.Zr/c1-12-10-16-13(2)8-9-15(17(16)11-12)14-6-4-3-5-7-14;1-10(2)13-8-12-6-5-7-14(11(3)4)15(12)9-13;;;;/h3-11H,1-2H3;5-11H,1-4H3;2*1H3;;/q4*-1;;. The van der Waals surface area contributed by atoms with E-state index < -0.39 is 0 Å². The molecule has 0 heterocycles. The van der Waals surface area contributed by atoms with Crippen molar-refractivity contribution >= 4 is 28.4 Å². The molecule has 5 rings (SSSR count). The fraction of sp³-hybridized carbons (Fsp3) is 0.235. The number of rotatable bonds is 3. The van der Waals surface area contributed by atoms with Gasteiger partial charge in [0.05, 0.1) is 0 Å². The van der Waals surface area contributed by atoms with Crippen LogP contribution in [0.15, 0.2) is 84.9 Å². The molecule has 0 aliphatic carbocycles. The molecule has 2 heteroatoms. The quantitative estimate of drug-likeness (QED) is 0.150. The number of aryl methyl sites for hydroxylation is 2. The van der Waals surface area contributed by atoms with E-state index in [2.05, 4.69) is 133 Å². The molecule has 0 aliphatic rings. The van der Waals surface area contributed by atoms with Gasteiger partial charge in [-0.3, -0.25) is 0 Å². The molecule has 0 unspecified atom stereocenters. The van der Waals surface area contributed by atoms with Crippen LogP contribution in [0.3, 0.4) is 0 Å². The third-order valence-electron chi connectivity index (χ3n) is 6.43. The normalized spacial score (nSPS) is 10.2. The van der Waals surface area contributed by atoms with Crippen molar-refractivity contribution in [3.63, 3.8) is 0 Å². The van der Waals surface area contributed by atoms with Gasteiger partial charge in [0.25, 0.3) is 0 Å². The third-order valence-corrected chi connectivity index (χ3v) is 6.43. The van der Waals surface area contributed by atoms with E-state index in [1.54, 1.807) is 0 Å². The van der Waals surface area contributed by atoms with Crippen molar-refractivity contribution in [3.05, 3.63) is 122 Å². The Balaban J connectivity index is 0.000000322. The second-order valence-electron chi connectivity index (χ2n) is 9.60. The van der Waals surface area contributed by atoms with Crippen LogP contribution in [0.2, 0.25) is 0 Å². The molecule has 2 radical (unpaired) electrons. The van der Waals surface area contributed by atoms with Crippen molar-refractivity contribution < 1.29 is 23.3 Å². The van der Waals surface area contributed by atoms with Gasteiger partial charge in [-0.1, -0.05) is 95.1 Å². The van der Waals surface area contributed by atoms with Gasteiger partial charge in [0, 0.05) is 0 Å². The Hall–Kier alpha value is -2.02. The molecule has 0 fully saturated rings. The minimum atomic E-state index is 0. The summed E-state index contributed by atoms with van der Waals surface area (Å²) in [5.74, 6) is 1.23. The molecule has 0 saturated carbocycles. The van der Waals surface area contributed by atoms with Crippen molar-refractivity contribution in [1.82, 2.24) is 0 Å². The molecule has 0 atom stereocenters. The first kappa shape index (κ1) is 32.0. The third kappa shape index (κ3) is 7.27. The fourth-order valence-electron chi connectivity index (χ4n) is 4.58. The van der Waals surface area contributed by atoms with Crippen LogP contribution in [0, 0.1) is 28.7 Å². The predicted octanol–water partition coefficient (Wildman–Crippen LogP) is 10.2. The van der Waals surface area contributed by atoms with Gasteiger partial charge in [-0.05, 0) is 17.4 Å². The van der Waals surface area contributed by atoms with Gasteiger partial charge in [-0.2, -0.15) is 12.1 Å². The minimum absolute atomic E-state index is 0. The molecule has 5 aromatic carbocycles. The monoisotopic (exact) mass is 566 g/mol. The van der Waals surface area contributed by atoms with Gasteiger partial charge in [0.1, 0.15) is 0 Å². The predicted molar refractivity (Wildman–Crippen MR) is 161 cm³/mol. The molecule has 0 aromatic heterocycles. The number of benzene rings is 3. The molecule has 0 amide bonds. The van der Waals surface area contributed by atoms with Crippen LogP contribution in [0.4, 0.5) is 0 Å². The molecule has 0 spiro atoms. The molecule has 36 heavy (non-hydrogen) atoms. The Bertz CT molecular complexity index is 1350. The van der Waals surface area contributed by atoms with Crippen LogP contribution in [-0.2, 0) is 23.3 Å². The zero-order chi connectivity index (χ0) is 24.8. The van der Waals surface area contributed by atoms with Crippen molar-refractivity contribution in [3.8, 4) is 11.1 Å². The van der Waals surface area contributed by atoms with Crippen molar-refractivity contribution in [2.45, 2.75) is 53.4 Å². The van der Waals surface area contributed by atoms with Gasteiger partial charge in [-0.15, -0.1) is 68.6 Å². The Morgan fingerprint density at radius 1 is 0.694 bits per heavy atom. The summed E-state index contributed by atoms with van der Waals surface area (Å²) in [7, 11) is 0. The van der Waals surface area contributed by atoms with E-state index in [-0.39, 0.29) is 14.9 Å². The molecule has 0 N–H and O–H groups in total. The maximum absolute atomic E-state index is 3.06. The number of hydrogen-bond acceptors (Lipinski definition) is 0. The topological polar surface area (TPSA) is 0 Å². The number of fused-ring (bicyclic) bond motifs is 2. The Morgan fingerprint density at radius 2 is 1.36 bits per heavy atom. The summed E-state index contributed by atoms with van der Waals surface area (Å²) >= 11 is 1.36. The van der Waals surface area contributed by atoms with Gasteiger partial charge in [-0.25, -0.2) is 0 Å². The summed E-state index contributed by atoms with van der Waals surface area (Å²) in [6.07, 6.45) is 0. The molecular formula is C34H40SiZr-4. The van der Waals surface area contributed by atoms with Crippen LogP contribution >= 0.6 is 0 Å². The van der Waals surface area contributed by atoms with E-state index in [1.165, 1.54) is 78.3 Å². The fourth-order valence-corrected chi connectivity index (χ4v) is 4.58. The summed E-state index contributed by atoms with van der Waals surface area (Å²) in [5.41, 5.74) is 8.25. The van der Waals surface area contributed by atoms with Crippen molar-refractivity contribution in [2.24, 2.45) is 0 Å². The molecular weight excluding hydrogens is 528 g/mol. The maximum atomic E-state index is 3.06. The van der Waals surface area contributed by atoms with Crippen LogP contribution < -0.4 is 0 Å². The van der Waals surface area contributed by atoms with E-state index in [0.717, 1.165) is 0 Å². The second kappa shape index (κ2) is 14.7. The first-order valence-electron chi connectivity index (χ1n) is 12.0. The molecule has 0 bridgehead atoms. The van der Waals surface area contributed by atoms with Gasteiger partial charge in [0.15, 0.2) is 0 Å². The second-order valence-corrected chi connectivity index (χ2v) is 9.60. The summed E-state index contributed by atoms with van der Waals surface area (Å²) in [4.78, 5) is 0. The average Bonchev–Trinajstić information content (AvgIpc) is 3.45. The van der Waals surface area contributed by atoms with E-state index in [4.69, 9.17) is 0 Å². The van der Waals surface area contributed by atoms with Crippen LogP contribution in [0.1, 0.15) is 61.8 Å². The van der Waals surface area contributed by atoms with Gasteiger partial charge >= 0.3 is 30.2 Å².